The zero-order valence-corrected chi connectivity index (χ0v) is 18.4. The van der Waals surface area contributed by atoms with Crippen molar-refractivity contribution in [2.75, 3.05) is 23.4 Å². The predicted molar refractivity (Wildman–Crippen MR) is 123 cm³/mol. The maximum Gasteiger partial charge on any atom is 0.227 e. The van der Waals surface area contributed by atoms with Crippen molar-refractivity contribution in [2.45, 2.75) is 46.6 Å². The number of thiocarbonyl (C=S) groups is 1. The summed E-state index contributed by atoms with van der Waals surface area (Å²) in [5.41, 5.74) is 5.37. The van der Waals surface area contributed by atoms with Gasteiger partial charge in [0.15, 0.2) is 5.11 Å². The van der Waals surface area contributed by atoms with Gasteiger partial charge in [0, 0.05) is 24.3 Å². The van der Waals surface area contributed by atoms with Gasteiger partial charge in [0.2, 0.25) is 5.91 Å². The van der Waals surface area contributed by atoms with E-state index in [0.717, 1.165) is 35.7 Å². The normalized spacial score (nSPS) is 14.6. The van der Waals surface area contributed by atoms with Crippen LogP contribution >= 0.6 is 12.2 Å². The fraction of sp³-hybridized carbons (Fsp3) is 0.391. The van der Waals surface area contributed by atoms with Crippen molar-refractivity contribution < 1.29 is 9.53 Å². The molecule has 0 aromatic heterocycles. The Bertz CT molecular complexity index is 913. The largest absolute Gasteiger partial charge is 0.491 e. The Labute approximate surface area is 178 Å². The number of carbonyl (C=O) groups excluding carboxylic acids is 1. The van der Waals surface area contributed by atoms with E-state index in [4.69, 9.17) is 17.0 Å². The van der Waals surface area contributed by atoms with Crippen LogP contribution < -0.4 is 20.3 Å². The highest BCUT2D eigenvalue weighted by atomic mass is 32.1. The van der Waals surface area contributed by atoms with Crippen LogP contribution in [0.15, 0.2) is 36.4 Å². The van der Waals surface area contributed by atoms with Crippen LogP contribution in [0.4, 0.5) is 11.4 Å². The van der Waals surface area contributed by atoms with Crippen molar-refractivity contribution in [3.63, 3.8) is 0 Å². The van der Waals surface area contributed by atoms with Crippen LogP contribution in [0, 0.1) is 20.8 Å². The molecule has 0 spiro atoms. The van der Waals surface area contributed by atoms with Gasteiger partial charge in [-0.05, 0) is 87.3 Å². The van der Waals surface area contributed by atoms with Gasteiger partial charge < -0.3 is 20.3 Å². The van der Waals surface area contributed by atoms with Crippen LogP contribution in [0.5, 0.6) is 5.75 Å². The molecule has 2 aromatic carbocycles. The van der Waals surface area contributed by atoms with E-state index in [2.05, 4.69) is 30.5 Å². The smallest absolute Gasteiger partial charge is 0.227 e. The van der Waals surface area contributed by atoms with Crippen molar-refractivity contribution in [1.82, 2.24) is 5.32 Å². The van der Waals surface area contributed by atoms with E-state index in [1.807, 2.05) is 49.1 Å². The molecule has 1 amide bonds. The monoisotopic (exact) mass is 411 g/mol. The molecule has 0 aliphatic carbocycles. The van der Waals surface area contributed by atoms with E-state index in [-0.39, 0.29) is 11.9 Å². The molecule has 6 heteroatoms. The number of ether oxygens (including phenoxy) is 1. The average Bonchev–Trinajstić information content (AvgIpc) is 3.10. The summed E-state index contributed by atoms with van der Waals surface area (Å²) >= 11 is 5.46. The topological polar surface area (TPSA) is 53.6 Å². The molecule has 29 heavy (non-hydrogen) atoms. The Morgan fingerprint density at radius 1 is 1.14 bits per heavy atom. The first-order valence-electron chi connectivity index (χ1n) is 10.0. The third-order valence-corrected chi connectivity index (χ3v) is 5.41. The number of hydrogen-bond acceptors (Lipinski definition) is 3. The van der Waals surface area contributed by atoms with Gasteiger partial charge in [0.1, 0.15) is 12.4 Å². The maximum atomic E-state index is 12.1. The number of aryl methyl sites for hydroxylation is 3. The third kappa shape index (κ3) is 5.48. The first-order valence-corrected chi connectivity index (χ1v) is 10.4. The van der Waals surface area contributed by atoms with Crippen LogP contribution in [-0.4, -0.2) is 30.2 Å². The molecule has 1 atom stereocenters. The van der Waals surface area contributed by atoms with E-state index in [0.29, 0.717) is 18.1 Å². The number of nitrogens with zero attached hydrogens (tertiary/aromatic N) is 1. The van der Waals surface area contributed by atoms with Gasteiger partial charge in [-0.15, -0.1) is 0 Å². The zero-order chi connectivity index (χ0) is 21.0. The van der Waals surface area contributed by atoms with Crippen molar-refractivity contribution in [2.24, 2.45) is 0 Å². The molecule has 2 N–H and O–H groups in total. The first kappa shape index (κ1) is 21.1. The standard InChI is InChI=1S/C23H29N3O2S/c1-15-8-10-20(12-17(15)3)28-14-18(4)24-23(29)25-19-9-7-16(2)21(13-19)26-11-5-6-22(26)27/h7-10,12-13,18H,5-6,11,14H2,1-4H3,(H2,24,25,29). The SMILES string of the molecule is Cc1ccc(OCC(C)NC(=S)Nc2ccc(C)c(N3CCCC3=O)c2)cc1C. The molecule has 0 radical (unpaired) electrons. The number of benzene rings is 2. The van der Waals surface area contributed by atoms with Crippen molar-refractivity contribution in [3.05, 3.63) is 53.1 Å². The molecule has 154 valence electrons. The summed E-state index contributed by atoms with van der Waals surface area (Å²) in [5.74, 6) is 1.04. The van der Waals surface area contributed by atoms with Crippen LogP contribution in [0.2, 0.25) is 0 Å². The Balaban J connectivity index is 1.54. The van der Waals surface area contributed by atoms with E-state index >= 15 is 0 Å². The van der Waals surface area contributed by atoms with Gasteiger partial charge in [-0.1, -0.05) is 12.1 Å². The van der Waals surface area contributed by atoms with Crippen LogP contribution in [-0.2, 0) is 4.79 Å². The first-order chi connectivity index (χ1) is 13.8. The van der Waals surface area contributed by atoms with Crippen LogP contribution in [0.3, 0.4) is 0 Å². The van der Waals surface area contributed by atoms with Gasteiger partial charge >= 0.3 is 0 Å². The zero-order valence-electron chi connectivity index (χ0n) is 17.5. The quantitative estimate of drug-likeness (QED) is 0.686. The fourth-order valence-corrected chi connectivity index (χ4v) is 3.66. The van der Waals surface area contributed by atoms with Gasteiger partial charge in [-0.3, -0.25) is 4.79 Å². The number of amides is 1. The number of rotatable bonds is 6. The summed E-state index contributed by atoms with van der Waals surface area (Å²) in [6.07, 6.45) is 1.53. The highest BCUT2D eigenvalue weighted by Crippen LogP contribution is 2.28. The number of hydrogen-bond donors (Lipinski definition) is 2. The molecule has 1 fully saturated rings. The maximum absolute atomic E-state index is 12.1. The molecule has 1 aliphatic rings. The molecule has 0 saturated carbocycles. The lowest BCUT2D eigenvalue weighted by atomic mass is 10.1. The Hall–Kier alpha value is -2.60. The summed E-state index contributed by atoms with van der Waals surface area (Å²) in [6, 6.07) is 12.1. The molecule has 5 nitrogen and oxygen atoms in total. The average molecular weight is 412 g/mol. The van der Waals surface area contributed by atoms with Gasteiger partial charge in [-0.25, -0.2) is 0 Å². The van der Waals surface area contributed by atoms with Crippen LogP contribution in [0.1, 0.15) is 36.5 Å². The summed E-state index contributed by atoms with van der Waals surface area (Å²) in [6.45, 7) is 9.49. The summed E-state index contributed by atoms with van der Waals surface area (Å²) in [7, 11) is 0. The second-order valence-electron chi connectivity index (χ2n) is 7.71. The molecule has 1 saturated heterocycles. The highest BCUT2D eigenvalue weighted by molar-refractivity contribution is 7.80. The van der Waals surface area contributed by atoms with E-state index in [1.54, 1.807) is 0 Å². The highest BCUT2D eigenvalue weighted by Gasteiger charge is 2.23. The minimum atomic E-state index is 0.0432. The molecule has 2 aromatic rings. The molecule has 0 bridgehead atoms. The summed E-state index contributed by atoms with van der Waals surface area (Å²) in [4.78, 5) is 13.9. The number of carbonyl (C=O) groups is 1. The molecular weight excluding hydrogens is 382 g/mol. The van der Waals surface area contributed by atoms with Crippen molar-refractivity contribution in [3.8, 4) is 5.75 Å². The number of nitrogens with one attached hydrogen (secondary N) is 2. The fourth-order valence-electron chi connectivity index (χ4n) is 3.34. The summed E-state index contributed by atoms with van der Waals surface area (Å²) in [5, 5.41) is 7.00. The molecular formula is C23H29N3O2S. The van der Waals surface area contributed by atoms with Crippen molar-refractivity contribution >= 4 is 34.6 Å². The Kier molecular flexibility index (Phi) is 6.75. The Morgan fingerprint density at radius 3 is 2.59 bits per heavy atom. The minimum absolute atomic E-state index is 0.0432. The lowest BCUT2D eigenvalue weighted by Gasteiger charge is -2.21. The minimum Gasteiger partial charge on any atom is -0.491 e. The lowest BCUT2D eigenvalue weighted by Crippen LogP contribution is -2.39. The van der Waals surface area contributed by atoms with Gasteiger partial charge in [0.25, 0.3) is 0 Å². The van der Waals surface area contributed by atoms with Gasteiger partial charge in [0.05, 0.1) is 6.04 Å². The Morgan fingerprint density at radius 2 is 1.90 bits per heavy atom. The van der Waals surface area contributed by atoms with Crippen LogP contribution in [0.25, 0.3) is 0 Å². The molecule has 3 rings (SSSR count). The van der Waals surface area contributed by atoms with E-state index in [1.165, 1.54) is 11.1 Å². The molecule has 1 unspecified atom stereocenters. The predicted octanol–water partition coefficient (Wildman–Crippen LogP) is 4.49. The molecule has 1 aliphatic heterocycles. The lowest BCUT2D eigenvalue weighted by molar-refractivity contribution is -0.117. The second-order valence-corrected chi connectivity index (χ2v) is 8.12. The second kappa shape index (κ2) is 9.27. The summed E-state index contributed by atoms with van der Waals surface area (Å²) < 4.78 is 5.87. The third-order valence-electron chi connectivity index (χ3n) is 5.19. The van der Waals surface area contributed by atoms with E-state index < -0.39 is 0 Å². The van der Waals surface area contributed by atoms with Crippen molar-refractivity contribution in [1.29, 1.82) is 0 Å². The van der Waals surface area contributed by atoms with E-state index in [9.17, 15) is 4.79 Å². The number of anilines is 2. The van der Waals surface area contributed by atoms with Gasteiger partial charge in [-0.2, -0.15) is 0 Å². The molecule has 1 heterocycles.